The van der Waals surface area contributed by atoms with Crippen molar-refractivity contribution in [2.75, 3.05) is 26.2 Å². The van der Waals surface area contributed by atoms with Crippen LogP contribution in [0, 0.1) is 0 Å². The molecular weight excluding hydrogens is 322 g/mol. The Morgan fingerprint density at radius 2 is 2.04 bits per heavy atom. The van der Waals surface area contributed by atoms with Crippen LogP contribution in [0.2, 0.25) is 0 Å². The molecule has 1 atom stereocenters. The monoisotopic (exact) mass is 349 g/mol. The van der Waals surface area contributed by atoms with E-state index in [1.165, 1.54) is 36.1 Å². The number of hydrogen-bond donors (Lipinski definition) is 1. The molecule has 1 fully saturated rings. The quantitative estimate of drug-likeness (QED) is 0.902. The van der Waals surface area contributed by atoms with Gasteiger partial charge in [0.2, 0.25) is 0 Å². The van der Waals surface area contributed by atoms with Crippen molar-refractivity contribution in [2.45, 2.75) is 38.0 Å². The Morgan fingerprint density at radius 1 is 1.19 bits per heavy atom. The van der Waals surface area contributed by atoms with Crippen LogP contribution in [0.25, 0.3) is 0 Å². The summed E-state index contributed by atoms with van der Waals surface area (Å²) < 4.78 is 0. The molecule has 0 bridgehead atoms. The number of aromatic nitrogens is 1. The highest BCUT2D eigenvalue weighted by atomic mass is 16.1. The minimum atomic E-state index is 0.00433. The Morgan fingerprint density at radius 3 is 2.92 bits per heavy atom. The summed E-state index contributed by atoms with van der Waals surface area (Å²) in [5.74, 6) is 0.626. The molecule has 4 rings (SSSR count). The van der Waals surface area contributed by atoms with E-state index in [-0.39, 0.29) is 5.91 Å². The normalized spacial score (nSPS) is 19.9. The average molecular weight is 349 g/mol. The molecule has 1 aliphatic heterocycles. The standard InChI is InChI=1S/C22H27N3O/c26-22(20-14-18-8-4-5-9-21(18)24-15-20)23-11-13-25-12-10-19(16-25)17-6-2-1-3-7-17/h1-3,6-7,14-15,19H,4-5,8-13,16H2,(H,23,26). The summed E-state index contributed by atoms with van der Waals surface area (Å²) in [7, 11) is 0. The lowest BCUT2D eigenvalue weighted by Crippen LogP contribution is -2.34. The van der Waals surface area contributed by atoms with Gasteiger partial charge in [0.25, 0.3) is 5.91 Å². The molecule has 2 heterocycles. The number of aryl methyl sites for hydroxylation is 2. The Labute approximate surface area is 155 Å². The maximum atomic E-state index is 12.4. The Hall–Kier alpha value is -2.20. The number of nitrogens with one attached hydrogen (secondary N) is 1. The predicted octanol–water partition coefficient (Wildman–Crippen LogP) is 3.18. The third-order valence-electron chi connectivity index (χ3n) is 5.69. The largest absolute Gasteiger partial charge is 0.351 e. The number of hydrogen-bond acceptors (Lipinski definition) is 3. The number of fused-ring (bicyclic) bond motifs is 1. The summed E-state index contributed by atoms with van der Waals surface area (Å²) in [4.78, 5) is 19.4. The zero-order chi connectivity index (χ0) is 17.8. The summed E-state index contributed by atoms with van der Waals surface area (Å²) >= 11 is 0. The van der Waals surface area contributed by atoms with Crippen molar-refractivity contribution in [2.24, 2.45) is 0 Å². The van der Waals surface area contributed by atoms with Crippen molar-refractivity contribution in [1.29, 1.82) is 0 Å². The number of benzene rings is 1. The van der Waals surface area contributed by atoms with Crippen molar-refractivity contribution in [1.82, 2.24) is 15.2 Å². The molecule has 1 N–H and O–H groups in total. The fourth-order valence-electron chi connectivity index (χ4n) is 4.17. The number of likely N-dealkylation sites (tertiary alicyclic amines) is 1. The number of nitrogens with zero attached hydrogens (tertiary/aromatic N) is 2. The maximum absolute atomic E-state index is 12.4. The van der Waals surface area contributed by atoms with Crippen LogP contribution in [-0.4, -0.2) is 42.0 Å². The van der Waals surface area contributed by atoms with Gasteiger partial charge in [-0.15, -0.1) is 0 Å². The van der Waals surface area contributed by atoms with E-state index < -0.39 is 0 Å². The first kappa shape index (κ1) is 17.2. The second-order valence-corrected chi connectivity index (χ2v) is 7.49. The van der Waals surface area contributed by atoms with Gasteiger partial charge in [-0.25, -0.2) is 0 Å². The molecule has 1 unspecified atom stereocenters. The number of amides is 1. The van der Waals surface area contributed by atoms with Crippen molar-refractivity contribution in [3.8, 4) is 0 Å². The van der Waals surface area contributed by atoms with Crippen LogP contribution >= 0.6 is 0 Å². The van der Waals surface area contributed by atoms with E-state index in [0.717, 1.165) is 32.5 Å². The molecule has 1 aliphatic carbocycles. The summed E-state index contributed by atoms with van der Waals surface area (Å²) in [5.41, 5.74) is 4.57. The van der Waals surface area contributed by atoms with Gasteiger partial charge in [0.1, 0.15) is 0 Å². The van der Waals surface area contributed by atoms with Gasteiger partial charge in [-0.05, 0) is 61.8 Å². The van der Waals surface area contributed by atoms with E-state index in [2.05, 4.69) is 45.5 Å². The first-order valence-electron chi connectivity index (χ1n) is 9.83. The fraction of sp³-hybridized carbons (Fsp3) is 0.455. The Bertz CT molecular complexity index is 759. The molecular formula is C22H27N3O. The van der Waals surface area contributed by atoms with Crippen LogP contribution < -0.4 is 5.32 Å². The SMILES string of the molecule is O=C(NCCN1CCC(c2ccccc2)C1)c1cnc2c(c1)CCCC2. The highest BCUT2D eigenvalue weighted by molar-refractivity contribution is 5.94. The average Bonchev–Trinajstić information content (AvgIpc) is 3.17. The first-order valence-corrected chi connectivity index (χ1v) is 9.83. The Balaban J connectivity index is 1.25. The third kappa shape index (κ3) is 3.96. The molecule has 2 aromatic rings. The van der Waals surface area contributed by atoms with Crippen LogP contribution in [0.15, 0.2) is 42.6 Å². The molecule has 0 spiro atoms. The topological polar surface area (TPSA) is 45.2 Å². The fourth-order valence-corrected chi connectivity index (χ4v) is 4.17. The lowest BCUT2D eigenvalue weighted by Gasteiger charge is -2.17. The zero-order valence-electron chi connectivity index (χ0n) is 15.3. The van der Waals surface area contributed by atoms with Crippen LogP contribution in [0.3, 0.4) is 0 Å². The molecule has 1 aromatic heterocycles. The van der Waals surface area contributed by atoms with E-state index >= 15 is 0 Å². The second kappa shape index (κ2) is 8.00. The molecule has 1 amide bonds. The number of carbonyl (C=O) groups excluding carboxylic acids is 1. The molecule has 26 heavy (non-hydrogen) atoms. The highest BCUT2D eigenvalue weighted by Gasteiger charge is 2.23. The summed E-state index contributed by atoms with van der Waals surface area (Å²) in [5, 5.41) is 3.07. The minimum Gasteiger partial charge on any atom is -0.351 e. The molecule has 0 radical (unpaired) electrons. The molecule has 0 saturated carbocycles. The van der Waals surface area contributed by atoms with Gasteiger partial charge >= 0.3 is 0 Å². The first-order chi connectivity index (χ1) is 12.8. The van der Waals surface area contributed by atoms with E-state index in [9.17, 15) is 4.79 Å². The number of pyridine rings is 1. The van der Waals surface area contributed by atoms with Crippen LogP contribution in [-0.2, 0) is 12.8 Å². The second-order valence-electron chi connectivity index (χ2n) is 7.49. The van der Waals surface area contributed by atoms with E-state index in [4.69, 9.17) is 0 Å². The molecule has 4 heteroatoms. The maximum Gasteiger partial charge on any atom is 0.252 e. The lowest BCUT2D eigenvalue weighted by molar-refractivity contribution is 0.0949. The predicted molar refractivity (Wildman–Crippen MR) is 103 cm³/mol. The van der Waals surface area contributed by atoms with Gasteiger partial charge in [0.15, 0.2) is 0 Å². The molecule has 4 nitrogen and oxygen atoms in total. The molecule has 1 aromatic carbocycles. The summed E-state index contributed by atoms with van der Waals surface area (Å²) in [6.45, 7) is 3.79. The van der Waals surface area contributed by atoms with E-state index in [0.29, 0.717) is 18.0 Å². The number of rotatable bonds is 5. The highest BCUT2D eigenvalue weighted by Crippen LogP contribution is 2.26. The van der Waals surface area contributed by atoms with E-state index in [1.54, 1.807) is 6.20 Å². The summed E-state index contributed by atoms with van der Waals surface area (Å²) in [6.07, 6.45) is 7.46. The van der Waals surface area contributed by atoms with E-state index in [1.807, 2.05) is 6.07 Å². The Kier molecular flexibility index (Phi) is 5.30. The van der Waals surface area contributed by atoms with Crippen LogP contribution in [0.5, 0.6) is 0 Å². The van der Waals surface area contributed by atoms with Gasteiger partial charge in [-0.3, -0.25) is 9.78 Å². The smallest absolute Gasteiger partial charge is 0.252 e. The van der Waals surface area contributed by atoms with Crippen molar-refractivity contribution < 1.29 is 4.79 Å². The van der Waals surface area contributed by atoms with Gasteiger partial charge in [0, 0.05) is 31.5 Å². The van der Waals surface area contributed by atoms with Gasteiger partial charge in [-0.1, -0.05) is 30.3 Å². The van der Waals surface area contributed by atoms with Crippen LogP contribution in [0.4, 0.5) is 0 Å². The zero-order valence-corrected chi connectivity index (χ0v) is 15.3. The summed E-state index contributed by atoms with van der Waals surface area (Å²) in [6, 6.07) is 12.8. The van der Waals surface area contributed by atoms with Crippen LogP contribution in [0.1, 0.15) is 52.4 Å². The molecule has 2 aliphatic rings. The van der Waals surface area contributed by atoms with Crippen molar-refractivity contribution in [3.05, 3.63) is 65.0 Å². The molecule has 1 saturated heterocycles. The minimum absolute atomic E-state index is 0.00433. The number of carbonyl (C=O) groups is 1. The van der Waals surface area contributed by atoms with Gasteiger partial charge < -0.3 is 10.2 Å². The van der Waals surface area contributed by atoms with Crippen molar-refractivity contribution in [3.63, 3.8) is 0 Å². The third-order valence-corrected chi connectivity index (χ3v) is 5.69. The lowest BCUT2D eigenvalue weighted by atomic mass is 9.95. The molecule has 136 valence electrons. The van der Waals surface area contributed by atoms with Gasteiger partial charge in [0.05, 0.1) is 5.56 Å². The van der Waals surface area contributed by atoms with Crippen molar-refractivity contribution >= 4 is 5.91 Å². The van der Waals surface area contributed by atoms with Gasteiger partial charge in [-0.2, -0.15) is 0 Å².